The highest BCUT2D eigenvalue weighted by molar-refractivity contribution is 5.71. The summed E-state index contributed by atoms with van der Waals surface area (Å²) in [4.78, 5) is 38.0. The van der Waals surface area contributed by atoms with Crippen LogP contribution in [0.5, 0.6) is 0 Å². The van der Waals surface area contributed by atoms with Crippen LogP contribution in [0.4, 0.5) is 0 Å². The standard InChI is InChI=1S/C56H100O6/c1-4-7-10-13-16-19-22-25-27-28-29-32-34-37-40-43-46-49-55(58)61-52-53(51-60-54(57)48-45-42-39-36-33-30-24-21-18-15-12-9-6-3)62-56(59)50-47-44-41-38-35-31-26-23-20-17-14-11-8-5-2/h16,19,25,27,30,33,39,42,53H,4-15,17-18,20-24,26,28-29,31-32,34-38,40-41,43-52H2,1-3H3/b19-16+,27-25+,33-30+,42-39+. The monoisotopic (exact) mass is 869 g/mol. The first-order chi connectivity index (χ1) is 30.5. The van der Waals surface area contributed by atoms with E-state index < -0.39 is 6.10 Å². The third-order valence-electron chi connectivity index (χ3n) is 11.6. The van der Waals surface area contributed by atoms with E-state index in [9.17, 15) is 14.4 Å². The van der Waals surface area contributed by atoms with Crippen LogP contribution >= 0.6 is 0 Å². The highest BCUT2D eigenvalue weighted by Crippen LogP contribution is 2.15. The molecule has 0 aromatic rings. The molecule has 6 nitrogen and oxygen atoms in total. The van der Waals surface area contributed by atoms with Crippen LogP contribution in [0.25, 0.3) is 0 Å². The number of rotatable bonds is 48. The lowest BCUT2D eigenvalue weighted by Gasteiger charge is -2.18. The first-order valence-corrected chi connectivity index (χ1v) is 26.6. The second-order valence-corrected chi connectivity index (χ2v) is 17.8. The second-order valence-electron chi connectivity index (χ2n) is 17.8. The van der Waals surface area contributed by atoms with Gasteiger partial charge in [-0.15, -0.1) is 0 Å². The molecule has 0 aromatic carbocycles. The van der Waals surface area contributed by atoms with Gasteiger partial charge in [0.25, 0.3) is 0 Å². The van der Waals surface area contributed by atoms with Crippen LogP contribution in [-0.2, 0) is 28.6 Å². The molecule has 0 aliphatic carbocycles. The number of unbranched alkanes of at least 4 members (excludes halogenated alkanes) is 29. The lowest BCUT2D eigenvalue weighted by atomic mass is 10.0. The molecule has 0 bridgehead atoms. The Hall–Kier alpha value is -2.63. The summed E-state index contributed by atoms with van der Waals surface area (Å²) in [5.41, 5.74) is 0. The highest BCUT2D eigenvalue weighted by Gasteiger charge is 2.19. The molecule has 6 heteroatoms. The van der Waals surface area contributed by atoms with Crippen molar-refractivity contribution in [2.75, 3.05) is 13.2 Å². The van der Waals surface area contributed by atoms with Crippen molar-refractivity contribution in [3.05, 3.63) is 48.6 Å². The van der Waals surface area contributed by atoms with Gasteiger partial charge < -0.3 is 14.2 Å². The van der Waals surface area contributed by atoms with Crippen LogP contribution in [0.3, 0.4) is 0 Å². The summed E-state index contributed by atoms with van der Waals surface area (Å²) < 4.78 is 16.7. The molecule has 0 amide bonds. The topological polar surface area (TPSA) is 78.9 Å². The largest absolute Gasteiger partial charge is 0.462 e. The Morgan fingerprint density at radius 2 is 0.613 bits per heavy atom. The summed E-state index contributed by atoms with van der Waals surface area (Å²) in [5, 5.41) is 0. The summed E-state index contributed by atoms with van der Waals surface area (Å²) in [6, 6.07) is 0. The molecule has 0 aliphatic rings. The van der Waals surface area contributed by atoms with E-state index in [4.69, 9.17) is 14.2 Å². The van der Waals surface area contributed by atoms with Gasteiger partial charge in [0, 0.05) is 19.3 Å². The number of esters is 3. The molecule has 0 fully saturated rings. The van der Waals surface area contributed by atoms with E-state index in [1.807, 2.05) is 6.08 Å². The van der Waals surface area contributed by atoms with Crippen molar-refractivity contribution >= 4 is 17.9 Å². The van der Waals surface area contributed by atoms with Crippen LogP contribution in [0, 0.1) is 0 Å². The molecule has 1 atom stereocenters. The van der Waals surface area contributed by atoms with E-state index in [0.29, 0.717) is 19.3 Å². The van der Waals surface area contributed by atoms with E-state index in [-0.39, 0.29) is 37.5 Å². The Morgan fingerprint density at radius 1 is 0.323 bits per heavy atom. The minimum absolute atomic E-state index is 0.0920. The predicted octanol–water partition coefficient (Wildman–Crippen LogP) is 17.5. The molecule has 0 rings (SSSR count). The van der Waals surface area contributed by atoms with Crippen LogP contribution in [0.2, 0.25) is 0 Å². The first-order valence-electron chi connectivity index (χ1n) is 26.6. The van der Waals surface area contributed by atoms with Crippen molar-refractivity contribution < 1.29 is 28.6 Å². The van der Waals surface area contributed by atoms with Crippen molar-refractivity contribution in [3.8, 4) is 0 Å². The Balaban J connectivity index is 4.41. The van der Waals surface area contributed by atoms with E-state index in [1.165, 1.54) is 161 Å². The molecule has 0 aliphatic heterocycles. The number of carbonyl (C=O) groups excluding carboxylic acids is 3. The Bertz CT molecular complexity index is 1090. The van der Waals surface area contributed by atoms with Gasteiger partial charge in [0.05, 0.1) is 0 Å². The fraction of sp³-hybridized carbons (Fsp3) is 0.804. The molecule has 0 spiro atoms. The molecule has 0 aromatic heterocycles. The van der Waals surface area contributed by atoms with E-state index in [0.717, 1.165) is 64.2 Å². The lowest BCUT2D eigenvalue weighted by molar-refractivity contribution is -0.166. The quantitative estimate of drug-likeness (QED) is 0.0262. The minimum Gasteiger partial charge on any atom is -0.462 e. The Kier molecular flexibility index (Phi) is 48.8. The lowest BCUT2D eigenvalue weighted by Crippen LogP contribution is -2.30. The molecule has 0 heterocycles. The number of hydrogen-bond donors (Lipinski definition) is 0. The average molecular weight is 869 g/mol. The van der Waals surface area contributed by atoms with Crippen molar-refractivity contribution in [1.82, 2.24) is 0 Å². The van der Waals surface area contributed by atoms with Gasteiger partial charge in [-0.3, -0.25) is 14.4 Å². The van der Waals surface area contributed by atoms with Gasteiger partial charge in [-0.2, -0.15) is 0 Å². The molecule has 0 saturated heterocycles. The zero-order valence-corrected chi connectivity index (χ0v) is 41.1. The van der Waals surface area contributed by atoms with Crippen LogP contribution in [0.1, 0.15) is 271 Å². The molecule has 1 unspecified atom stereocenters. The normalized spacial score (nSPS) is 12.4. The van der Waals surface area contributed by atoms with Crippen LogP contribution < -0.4 is 0 Å². The van der Waals surface area contributed by atoms with E-state index >= 15 is 0 Å². The molecular formula is C56H100O6. The zero-order chi connectivity index (χ0) is 45.1. The van der Waals surface area contributed by atoms with E-state index in [2.05, 4.69) is 63.3 Å². The smallest absolute Gasteiger partial charge is 0.306 e. The summed E-state index contributed by atoms with van der Waals surface area (Å²) in [7, 11) is 0. The third-order valence-corrected chi connectivity index (χ3v) is 11.6. The van der Waals surface area contributed by atoms with Gasteiger partial charge in [-0.25, -0.2) is 0 Å². The third kappa shape index (κ3) is 48.4. The van der Waals surface area contributed by atoms with Crippen molar-refractivity contribution in [1.29, 1.82) is 0 Å². The minimum atomic E-state index is -0.795. The Morgan fingerprint density at radius 3 is 1.02 bits per heavy atom. The summed E-state index contributed by atoms with van der Waals surface area (Å²) in [6.07, 6.45) is 61.0. The van der Waals surface area contributed by atoms with E-state index in [1.54, 1.807) is 0 Å². The number of carbonyl (C=O) groups is 3. The molecule has 0 saturated carbocycles. The van der Waals surface area contributed by atoms with Crippen LogP contribution in [-0.4, -0.2) is 37.2 Å². The molecule has 0 N–H and O–H groups in total. The number of ether oxygens (including phenoxy) is 3. The fourth-order valence-corrected chi connectivity index (χ4v) is 7.53. The Labute approximate surface area is 384 Å². The van der Waals surface area contributed by atoms with Gasteiger partial charge in [0.15, 0.2) is 6.10 Å². The predicted molar refractivity (Wildman–Crippen MR) is 265 cm³/mol. The summed E-state index contributed by atoms with van der Waals surface area (Å²) in [5.74, 6) is -0.960. The molecule has 0 radical (unpaired) electrons. The van der Waals surface area contributed by atoms with Gasteiger partial charge in [-0.05, 0) is 70.6 Å². The number of hydrogen-bond acceptors (Lipinski definition) is 6. The summed E-state index contributed by atoms with van der Waals surface area (Å²) >= 11 is 0. The SMILES string of the molecule is CCCCC/C=C/C/C=C/CCCCCCCCCC(=O)OCC(COC(=O)CC/C=C/C/C=C/CCCCCCCC)OC(=O)CCCCCCCCCCCCCCCC. The maximum Gasteiger partial charge on any atom is 0.306 e. The highest BCUT2D eigenvalue weighted by atomic mass is 16.6. The fourth-order valence-electron chi connectivity index (χ4n) is 7.53. The first kappa shape index (κ1) is 59.4. The summed E-state index contributed by atoms with van der Waals surface area (Å²) in [6.45, 7) is 6.56. The number of allylic oxidation sites excluding steroid dienone is 8. The van der Waals surface area contributed by atoms with Gasteiger partial charge >= 0.3 is 17.9 Å². The van der Waals surface area contributed by atoms with Gasteiger partial charge in [-0.1, -0.05) is 230 Å². The molecule has 360 valence electrons. The van der Waals surface area contributed by atoms with Gasteiger partial charge in [0.1, 0.15) is 13.2 Å². The molecular weight excluding hydrogens is 769 g/mol. The second kappa shape index (κ2) is 51.0. The van der Waals surface area contributed by atoms with Crippen molar-refractivity contribution in [2.24, 2.45) is 0 Å². The zero-order valence-electron chi connectivity index (χ0n) is 41.1. The van der Waals surface area contributed by atoms with Crippen molar-refractivity contribution in [2.45, 2.75) is 277 Å². The average Bonchev–Trinajstić information content (AvgIpc) is 3.27. The maximum atomic E-state index is 12.8. The maximum absolute atomic E-state index is 12.8. The van der Waals surface area contributed by atoms with Crippen molar-refractivity contribution in [3.63, 3.8) is 0 Å². The van der Waals surface area contributed by atoms with Gasteiger partial charge in [0.2, 0.25) is 0 Å². The van der Waals surface area contributed by atoms with Crippen LogP contribution in [0.15, 0.2) is 48.6 Å². The molecule has 62 heavy (non-hydrogen) atoms.